The molecule has 4 heteroatoms. The second-order valence-corrected chi connectivity index (χ2v) is 4.98. The quantitative estimate of drug-likeness (QED) is 0.886. The predicted octanol–water partition coefficient (Wildman–Crippen LogP) is 3.12. The van der Waals surface area contributed by atoms with Crippen LogP contribution < -0.4 is 4.74 Å². The van der Waals surface area contributed by atoms with Gasteiger partial charge >= 0.3 is 5.97 Å². The van der Waals surface area contributed by atoms with Crippen molar-refractivity contribution in [3.05, 3.63) is 59.2 Å². The molecule has 21 heavy (non-hydrogen) atoms. The van der Waals surface area contributed by atoms with Gasteiger partial charge in [0.1, 0.15) is 11.5 Å². The van der Waals surface area contributed by atoms with Gasteiger partial charge in [0.15, 0.2) is 0 Å². The van der Waals surface area contributed by atoms with Crippen LogP contribution in [0.1, 0.15) is 22.6 Å². The number of carboxylic acids is 1. The standard InChI is InChI=1S/C17H18O4/c1-11-9-14(21-2)7-8-15(11)16(17(19)20)10-12-3-5-13(18)6-4-12/h3-9,16,18H,10H2,1-2H3,(H,19,20). The summed E-state index contributed by atoms with van der Waals surface area (Å²) in [5, 5.41) is 18.8. The molecule has 0 aliphatic rings. The highest BCUT2D eigenvalue weighted by atomic mass is 16.5. The van der Waals surface area contributed by atoms with Crippen molar-refractivity contribution in [2.24, 2.45) is 0 Å². The normalized spacial score (nSPS) is 11.9. The van der Waals surface area contributed by atoms with Gasteiger partial charge in [0.25, 0.3) is 0 Å². The van der Waals surface area contributed by atoms with E-state index in [1.54, 1.807) is 43.5 Å². The highest BCUT2D eigenvalue weighted by Gasteiger charge is 2.22. The first kappa shape index (κ1) is 14.9. The first-order chi connectivity index (χ1) is 10.0. The van der Waals surface area contributed by atoms with E-state index in [2.05, 4.69) is 0 Å². The fourth-order valence-corrected chi connectivity index (χ4v) is 2.36. The van der Waals surface area contributed by atoms with Crippen LogP contribution in [0.3, 0.4) is 0 Å². The first-order valence-corrected chi connectivity index (χ1v) is 6.66. The number of aliphatic carboxylic acids is 1. The van der Waals surface area contributed by atoms with Gasteiger partial charge in [-0.2, -0.15) is 0 Å². The number of aryl methyl sites for hydroxylation is 1. The third-order valence-corrected chi connectivity index (χ3v) is 3.53. The zero-order chi connectivity index (χ0) is 15.4. The number of phenolic OH excluding ortho intramolecular Hbond substituents is 1. The number of aromatic hydroxyl groups is 1. The maximum atomic E-state index is 11.6. The van der Waals surface area contributed by atoms with Crippen LogP contribution in [0, 0.1) is 6.92 Å². The fraction of sp³-hybridized carbons (Fsp3) is 0.235. The average molecular weight is 286 g/mol. The summed E-state index contributed by atoms with van der Waals surface area (Å²) in [6, 6.07) is 12.0. The maximum absolute atomic E-state index is 11.6. The number of hydrogen-bond acceptors (Lipinski definition) is 3. The Morgan fingerprint density at radius 1 is 1.19 bits per heavy atom. The Kier molecular flexibility index (Phi) is 4.48. The lowest BCUT2D eigenvalue weighted by molar-refractivity contribution is -0.138. The second kappa shape index (κ2) is 6.31. The molecule has 2 N–H and O–H groups in total. The van der Waals surface area contributed by atoms with E-state index in [9.17, 15) is 15.0 Å². The monoisotopic (exact) mass is 286 g/mol. The third-order valence-electron chi connectivity index (χ3n) is 3.53. The van der Waals surface area contributed by atoms with Gasteiger partial charge in [-0.05, 0) is 54.3 Å². The lowest BCUT2D eigenvalue weighted by atomic mass is 9.89. The van der Waals surface area contributed by atoms with Crippen LogP contribution in [0.4, 0.5) is 0 Å². The molecule has 0 bridgehead atoms. The van der Waals surface area contributed by atoms with Gasteiger partial charge in [-0.3, -0.25) is 4.79 Å². The lowest BCUT2D eigenvalue weighted by Gasteiger charge is -2.16. The van der Waals surface area contributed by atoms with E-state index >= 15 is 0 Å². The smallest absolute Gasteiger partial charge is 0.311 e. The Balaban J connectivity index is 2.31. The van der Waals surface area contributed by atoms with E-state index in [0.29, 0.717) is 12.2 Å². The molecule has 2 aromatic rings. The summed E-state index contributed by atoms with van der Waals surface area (Å²) < 4.78 is 5.15. The van der Waals surface area contributed by atoms with Gasteiger partial charge in [-0.25, -0.2) is 0 Å². The summed E-state index contributed by atoms with van der Waals surface area (Å²) >= 11 is 0. The SMILES string of the molecule is COc1ccc(C(Cc2ccc(O)cc2)C(=O)O)c(C)c1. The molecule has 0 aromatic heterocycles. The highest BCUT2D eigenvalue weighted by molar-refractivity contribution is 5.77. The molecule has 0 aliphatic carbocycles. The molecule has 1 unspecified atom stereocenters. The molecule has 2 rings (SSSR count). The highest BCUT2D eigenvalue weighted by Crippen LogP contribution is 2.27. The van der Waals surface area contributed by atoms with E-state index < -0.39 is 11.9 Å². The molecule has 0 aliphatic heterocycles. The molecule has 0 spiro atoms. The number of rotatable bonds is 5. The Morgan fingerprint density at radius 2 is 1.86 bits per heavy atom. The van der Waals surface area contributed by atoms with Crippen molar-refractivity contribution in [1.29, 1.82) is 0 Å². The van der Waals surface area contributed by atoms with Crippen LogP contribution >= 0.6 is 0 Å². The van der Waals surface area contributed by atoms with Crippen molar-refractivity contribution < 1.29 is 19.7 Å². The molecule has 0 radical (unpaired) electrons. The topological polar surface area (TPSA) is 66.8 Å². The Hall–Kier alpha value is -2.49. The molecular weight excluding hydrogens is 268 g/mol. The summed E-state index contributed by atoms with van der Waals surface area (Å²) in [6.07, 6.45) is 0.378. The van der Waals surface area contributed by atoms with Crippen LogP contribution in [0.15, 0.2) is 42.5 Å². The zero-order valence-corrected chi connectivity index (χ0v) is 12.0. The number of hydrogen-bond donors (Lipinski definition) is 2. The number of carboxylic acid groups (broad SMARTS) is 1. The minimum Gasteiger partial charge on any atom is -0.508 e. The van der Waals surface area contributed by atoms with Gasteiger partial charge in [-0.15, -0.1) is 0 Å². The zero-order valence-electron chi connectivity index (χ0n) is 12.0. The van der Waals surface area contributed by atoms with Crippen LogP contribution in [0.5, 0.6) is 11.5 Å². The summed E-state index contributed by atoms with van der Waals surface area (Å²) in [7, 11) is 1.58. The molecule has 1 atom stereocenters. The maximum Gasteiger partial charge on any atom is 0.311 e. The van der Waals surface area contributed by atoms with E-state index in [4.69, 9.17) is 4.74 Å². The van der Waals surface area contributed by atoms with Crippen LogP contribution in [0.2, 0.25) is 0 Å². The lowest BCUT2D eigenvalue weighted by Crippen LogP contribution is -2.15. The molecule has 0 saturated heterocycles. The third kappa shape index (κ3) is 3.54. The minimum atomic E-state index is -0.864. The number of benzene rings is 2. The molecule has 2 aromatic carbocycles. The largest absolute Gasteiger partial charge is 0.508 e. The first-order valence-electron chi connectivity index (χ1n) is 6.66. The van der Waals surface area contributed by atoms with Crippen molar-refractivity contribution in [3.8, 4) is 11.5 Å². The van der Waals surface area contributed by atoms with E-state index in [1.807, 2.05) is 13.0 Å². The van der Waals surface area contributed by atoms with Crippen molar-refractivity contribution in [2.75, 3.05) is 7.11 Å². The molecule has 0 heterocycles. The second-order valence-electron chi connectivity index (χ2n) is 4.98. The van der Waals surface area contributed by atoms with Gasteiger partial charge in [0.05, 0.1) is 13.0 Å². The van der Waals surface area contributed by atoms with Gasteiger partial charge in [0, 0.05) is 0 Å². The molecule has 0 fully saturated rings. The number of carbonyl (C=O) groups is 1. The predicted molar refractivity (Wildman–Crippen MR) is 79.9 cm³/mol. The minimum absolute atomic E-state index is 0.172. The van der Waals surface area contributed by atoms with Crippen LogP contribution in [-0.4, -0.2) is 23.3 Å². The van der Waals surface area contributed by atoms with Gasteiger partial charge in [-0.1, -0.05) is 18.2 Å². The molecule has 0 saturated carbocycles. The molecule has 0 amide bonds. The summed E-state index contributed by atoms with van der Waals surface area (Å²) in [5.41, 5.74) is 2.53. The van der Waals surface area contributed by atoms with Crippen LogP contribution in [-0.2, 0) is 11.2 Å². The number of phenols is 1. The molecule has 110 valence electrons. The van der Waals surface area contributed by atoms with Crippen molar-refractivity contribution in [1.82, 2.24) is 0 Å². The van der Waals surface area contributed by atoms with Gasteiger partial charge < -0.3 is 14.9 Å². The fourth-order valence-electron chi connectivity index (χ4n) is 2.36. The Bertz CT molecular complexity index is 632. The summed E-state index contributed by atoms with van der Waals surface area (Å²) in [4.78, 5) is 11.6. The van der Waals surface area contributed by atoms with Crippen molar-refractivity contribution in [3.63, 3.8) is 0 Å². The number of methoxy groups -OCH3 is 1. The Labute approximate surface area is 123 Å². The molecular formula is C17H18O4. The van der Waals surface area contributed by atoms with E-state index in [1.165, 1.54) is 0 Å². The van der Waals surface area contributed by atoms with Crippen molar-refractivity contribution in [2.45, 2.75) is 19.3 Å². The van der Waals surface area contributed by atoms with E-state index in [-0.39, 0.29) is 5.75 Å². The van der Waals surface area contributed by atoms with Gasteiger partial charge in [0.2, 0.25) is 0 Å². The number of ether oxygens (including phenoxy) is 1. The average Bonchev–Trinajstić information content (AvgIpc) is 2.46. The summed E-state index contributed by atoms with van der Waals surface area (Å²) in [6.45, 7) is 1.88. The summed E-state index contributed by atoms with van der Waals surface area (Å²) in [5.74, 6) is -0.604. The van der Waals surface area contributed by atoms with E-state index in [0.717, 1.165) is 16.7 Å². The van der Waals surface area contributed by atoms with Crippen LogP contribution in [0.25, 0.3) is 0 Å². The van der Waals surface area contributed by atoms with Crippen molar-refractivity contribution >= 4 is 5.97 Å². The molecule has 4 nitrogen and oxygen atoms in total. The Morgan fingerprint density at radius 3 is 2.38 bits per heavy atom.